The molecule has 0 bridgehead atoms. The van der Waals surface area contributed by atoms with Gasteiger partial charge in [0.25, 0.3) is 0 Å². The van der Waals surface area contributed by atoms with E-state index in [1.807, 2.05) is 24.3 Å². The smallest absolute Gasteiger partial charge is 0.345 e. The minimum absolute atomic E-state index is 0.0198. The number of allylic oxidation sites excluding steroid dienone is 1. The molecule has 0 spiro atoms. The standard InChI is InChI=1S/C23H19N3O5/c1-30-16-5-4-13-6-8-26(12-15(13)9-16)22-19(23(28)29)20(27)18(31-22)10-14-11-25-21-17(14)3-2-7-24-21/h2-5,7,9-11H,6,8,12H2,1H3,(H,24,25)(H,28,29). The number of ketones is 1. The zero-order valence-corrected chi connectivity index (χ0v) is 16.7. The number of carbonyl (C=O) groups excluding carboxylic acids is 1. The molecule has 0 atom stereocenters. The molecule has 2 N–H and O–H groups in total. The number of benzene rings is 1. The topological polar surface area (TPSA) is 105 Å². The first kappa shape index (κ1) is 18.9. The number of hydrogen-bond donors (Lipinski definition) is 2. The van der Waals surface area contributed by atoms with Crippen LogP contribution in [-0.2, 0) is 27.3 Å². The Bertz CT molecular complexity index is 1290. The number of hydrogen-bond acceptors (Lipinski definition) is 6. The van der Waals surface area contributed by atoms with E-state index in [2.05, 4.69) is 9.97 Å². The first-order chi connectivity index (χ1) is 15.0. The minimum atomic E-state index is -1.31. The molecule has 4 heterocycles. The average molecular weight is 417 g/mol. The Morgan fingerprint density at radius 2 is 2.19 bits per heavy atom. The quantitative estimate of drug-likeness (QED) is 0.497. The normalized spacial score (nSPS) is 17.3. The second-order valence-electron chi connectivity index (χ2n) is 7.37. The molecule has 2 aliphatic heterocycles. The maximum Gasteiger partial charge on any atom is 0.345 e. The Hall–Kier alpha value is -4.07. The van der Waals surface area contributed by atoms with Crippen LogP contribution >= 0.6 is 0 Å². The summed E-state index contributed by atoms with van der Waals surface area (Å²) in [6, 6.07) is 9.50. The highest BCUT2D eigenvalue weighted by Gasteiger charge is 2.39. The van der Waals surface area contributed by atoms with E-state index in [-0.39, 0.29) is 17.2 Å². The van der Waals surface area contributed by atoms with Gasteiger partial charge in [-0.3, -0.25) is 4.79 Å². The largest absolute Gasteiger partial charge is 0.497 e. The lowest BCUT2D eigenvalue weighted by molar-refractivity contribution is -0.134. The van der Waals surface area contributed by atoms with Crippen molar-refractivity contribution in [1.82, 2.24) is 14.9 Å². The molecule has 2 aliphatic rings. The van der Waals surface area contributed by atoms with Gasteiger partial charge >= 0.3 is 5.97 Å². The fourth-order valence-electron chi connectivity index (χ4n) is 4.00. The lowest BCUT2D eigenvalue weighted by Crippen LogP contribution is -2.31. The highest BCUT2D eigenvalue weighted by atomic mass is 16.5. The molecule has 156 valence electrons. The summed E-state index contributed by atoms with van der Waals surface area (Å²) in [5.74, 6) is -1.16. The van der Waals surface area contributed by atoms with E-state index in [1.165, 1.54) is 5.56 Å². The van der Waals surface area contributed by atoms with E-state index in [9.17, 15) is 14.7 Å². The third-order valence-corrected chi connectivity index (χ3v) is 5.57. The average Bonchev–Trinajstić information content (AvgIpc) is 3.34. The predicted octanol–water partition coefficient (Wildman–Crippen LogP) is 2.87. The van der Waals surface area contributed by atoms with Crippen LogP contribution in [0.5, 0.6) is 5.75 Å². The van der Waals surface area contributed by atoms with E-state index in [4.69, 9.17) is 9.47 Å². The number of aromatic amines is 1. The molecule has 8 heteroatoms. The van der Waals surface area contributed by atoms with Crippen LogP contribution in [-0.4, -0.2) is 45.4 Å². The number of ether oxygens (including phenoxy) is 2. The third-order valence-electron chi connectivity index (χ3n) is 5.57. The first-order valence-electron chi connectivity index (χ1n) is 9.80. The highest BCUT2D eigenvalue weighted by molar-refractivity contribution is 6.26. The lowest BCUT2D eigenvalue weighted by atomic mass is 9.99. The number of nitrogens with one attached hydrogen (secondary N) is 1. The number of pyridine rings is 1. The van der Waals surface area contributed by atoms with Crippen LogP contribution in [0.3, 0.4) is 0 Å². The Balaban J connectivity index is 1.49. The van der Waals surface area contributed by atoms with E-state index >= 15 is 0 Å². The fraction of sp³-hybridized carbons (Fsp3) is 0.174. The van der Waals surface area contributed by atoms with Crippen molar-refractivity contribution < 1.29 is 24.2 Å². The molecule has 2 aromatic heterocycles. The van der Waals surface area contributed by atoms with Crippen LogP contribution in [0.4, 0.5) is 0 Å². The number of Topliss-reactive ketones (excluding diaryl/α,β-unsaturated/α-hetero) is 1. The van der Waals surface area contributed by atoms with Crippen molar-refractivity contribution in [1.29, 1.82) is 0 Å². The highest BCUT2D eigenvalue weighted by Crippen LogP contribution is 2.34. The molecule has 0 radical (unpaired) electrons. The van der Waals surface area contributed by atoms with Crippen LogP contribution in [0, 0.1) is 0 Å². The molecule has 5 rings (SSSR count). The molecule has 0 amide bonds. The SMILES string of the molecule is COc1ccc2c(c1)CN(C1=C(C(=O)O)C(=O)C(=Cc3c[nH]c4ncccc34)O1)CC2. The van der Waals surface area contributed by atoms with E-state index in [0.29, 0.717) is 30.7 Å². The van der Waals surface area contributed by atoms with Crippen molar-refractivity contribution in [3.63, 3.8) is 0 Å². The summed E-state index contributed by atoms with van der Waals surface area (Å²) in [5, 5.41) is 10.5. The molecule has 3 aromatic rings. The molecule has 0 saturated heterocycles. The summed E-state index contributed by atoms with van der Waals surface area (Å²) in [6.07, 6.45) is 5.64. The maximum absolute atomic E-state index is 12.9. The number of aliphatic carboxylic acids is 1. The summed E-state index contributed by atoms with van der Waals surface area (Å²) in [7, 11) is 1.60. The Morgan fingerprint density at radius 3 is 3.00 bits per heavy atom. The predicted molar refractivity (Wildman–Crippen MR) is 112 cm³/mol. The van der Waals surface area contributed by atoms with Crippen molar-refractivity contribution in [3.05, 3.63) is 76.6 Å². The monoisotopic (exact) mass is 417 g/mol. The number of carbonyl (C=O) groups is 2. The Morgan fingerprint density at radius 1 is 1.32 bits per heavy atom. The van der Waals surface area contributed by atoms with Gasteiger partial charge in [-0.15, -0.1) is 0 Å². The van der Waals surface area contributed by atoms with E-state index in [1.54, 1.807) is 36.5 Å². The Labute approximate surface area is 177 Å². The number of carboxylic acid groups (broad SMARTS) is 1. The van der Waals surface area contributed by atoms with Crippen molar-refractivity contribution in [2.24, 2.45) is 0 Å². The second kappa shape index (κ2) is 7.32. The fourth-order valence-corrected chi connectivity index (χ4v) is 4.00. The number of carboxylic acids is 1. The third kappa shape index (κ3) is 3.22. The summed E-state index contributed by atoms with van der Waals surface area (Å²) >= 11 is 0. The molecular formula is C23H19N3O5. The van der Waals surface area contributed by atoms with Crippen molar-refractivity contribution in [2.45, 2.75) is 13.0 Å². The van der Waals surface area contributed by atoms with Gasteiger partial charge in [-0.25, -0.2) is 9.78 Å². The lowest BCUT2D eigenvalue weighted by Gasteiger charge is -2.30. The number of fused-ring (bicyclic) bond motifs is 2. The molecule has 31 heavy (non-hydrogen) atoms. The van der Waals surface area contributed by atoms with Gasteiger partial charge in [0.15, 0.2) is 11.3 Å². The van der Waals surface area contributed by atoms with Crippen LogP contribution in [0.25, 0.3) is 17.1 Å². The van der Waals surface area contributed by atoms with Gasteiger partial charge in [0.2, 0.25) is 11.7 Å². The van der Waals surface area contributed by atoms with Gasteiger partial charge in [-0.2, -0.15) is 0 Å². The van der Waals surface area contributed by atoms with E-state index < -0.39 is 11.8 Å². The number of nitrogens with zero attached hydrogens (tertiary/aromatic N) is 2. The van der Waals surface area contributed by atoms with Crippen molar-refractivity contribution in [3.8, 4) is 5.75 Å². The number of methoxy groups -OCH3 is 1. The zero-order chi connectivity index (χ0) is 21.5. The van der Waals surface area contributed by atoms with E-state index in [0.717, 1.165) is 16.7 Å². The van der Waals surface area contributed by atoms with Gasteiger partial charge in [-0.05, 0) is 47.9 Å². The van der Waals surface area contributed by atoms with Crippen LogP contribution in [0.1, 0.15) is 16.7 Å². The number of aromatic nitrogens is 2. The van der Waals surface area contributed by atoms with Gasteiger partial charge < -0.3 is 24.5 Å². The summed E-state index contributed by atoms with van der Waals surface area (Å²) < 4.78 is 11.2. The van der Waals surface area contributed by atoms with Crippen LogP contribution in [0.15, 0.2) is 59.9 Å². The first-order valence-corrected chi connectivity index (χ1v) is 9.80. The molecular weight excluding hydrogens is 398 g/mol. The molecule has 0 unspecified atom stereocenters. The molecule has 8 nitrogen and oxygen atoms in total. The van der Waals surface area contributed by atoms with Crippen LogP contribution < -0.4 is 4.74 Å². The summed E-state index contributed by atoms with van der Waals surface area (Å²) in [5.41, 5.74) is 3.20. The Kier molecular flexibility index (Phi) is 4.47. The maximum atomic E-state index is 12.9. The molecule has 0 aliphatic carbocycles. The second-order valence-corrected chi connectivity index (χ2v) is 7.37. The van der Waals surface area contributed by atoms with Crippen molar-refractivity contribution >= 4 is 28.9 Å². The minimum Gasteiger partial charge on any atom is -0.497 e. The van der Waals surface area contributed by atoms with Gasteiger partial charge in [0.05, 0.1) is 7.11 Å². The number of rotatable bonds is 4. The van der Waals surface area contributed by atoms with Gasteiger partial charge in [-0.1, -0.05) is 6.07 Å². The zero-order valence-electron chi connectivity index (χ0n) is 16.7. The van der Waals surface area contributed by atoms with Gasteiger partial charge in [0, 0.05) is 36.4 Å². The van der Waals surface area contributed by atoms with Gasteiger partial charge in [0.1, 0.15) is 11.4 Å². The summed E-state index contributed by atoms with van der Waals surface area (Å²) in [4.78, 5) is 33.9. The van der Waals surface area contributed by atoms with Crippen LogP contribution in [0.2, 0.25) is 0 Å². The summed E-state index contributed by atoms with van der Waals surface area (Å²) in [6.45, 7) is 0.971. The molecule has 1 aromatic carbocycles. The molecule has 0 saturated carbocycles. The number of H-pyrrole nitrogens is 1. The van der Waals surface area contributed by atoms with Crippen molar-refractivity contribution in [2.75, 3.05) is 13.7 Å². The molecule has 0 fully saturated rings.